The van der Waals surface area contributed by atoms with Crippen LogP contribution in [0.2, 0.25) is 5.02 Å². The second-order valence-corrected chi connectivity index (χ2v) is 7.30. The molecule has 1 aromatic heterocycles. The van der Waals surface area contributed by atoms with Crippen LogP contribution in [0, 0.1) is 11.6 Å². The number of hydrogen-bond donors (Lipinski definition) is 2. The second kappa shape index (κ2) is 8.83. The SMILES string of the molecule is CCCCN1CCn2cc(C(=O)NCc3ccc(F)c(Cl)c3F)c(=O)c(O)c2C1=O. The van der Waals surface area contributed by atoms with Crippen LogP contribution in [0.4, 0.5) is 8.78 Å². The minimum absolute atomic E-state index is 0.0706. The minimum atomic E-state index is -1.01. The first-order chi connectivity index (χ1) is 14.3. The van der Waals surface area contributed by atoms with Gasteiger partial charge in [-0.2, -0.15) is 0 Å². The normalized spacial score (nSPS) is 13.3. The summed E-state index contributed by atoms with van der Waals surface area (Å²) in [5.41, 5.74) is -1.62. The number of benzene rings is 1. The summed E-state index contributed by atoms with van der Waals surface area (Å²) in [7, 11) is 0. The van der Waals surface area contributed by atoms with Crippen LogP contribution in [0.15, 0.2) is 23.1 Å². The van der Waals surface area contributed by atoms with Crippen LogP contribution < -0.4 is 10.7 Å². The van der Waals surface area contributed by atoms with E-state index in [4.69, 9.17) is 11.6 Å². The lowest BCUT2D eigenvalue weighted by Gasteiger charge is -2.30. The third-order valence-electron chi connectivity index (χ3n) is 4.94. The van der Waals surface area contributed by atoms with E-state index in [1.165, 1.54) is 10.8 Å². The van der Waals surface area contributed by atoms with Gasteiger partial charge in [-0.15, -0.1) is 0 Å². The number of hydrogen-bond acceptors (Lipinski definition) is 4. The summed E-state index contributed by atoms with van der Waals surface area (Å²) >= 11 is 5.51. The molecule has 0 unspecified atom stereocenters. The summed E-state index contributed by atoms with van der Waals surface area (Å²) in [6, 6.07) is 2.08. The van der Waals surface area contributed by atoms with E-state index in [-0.39, 0.29) is 23.4 Å². The molecule has 0 radical (unpaired) electrons. The summed E-state index contributed by atoms with van der Waals surface area (Å²) in [6.45, 7) is 2.84. The lowest BCUT2D eigenvalue weighted by atomic mass is 10.1. The Balaban J connectivity index is 1.83. The van der Waals surface area contributed by atoms with Gasteiger partial charge in [0.2, 0.25) is 5.43 Å². The van der Waals surface area contributed by atoms with Gasteiger partial charge in [-0.3, -0.25) is 14.4 Å². The number of amides is 2. The highest BCUT2D eigenvalue weighted by Crippen LogP contribution is 2.23. The van der Waals surface area contributed by atoms with Crippen molar-refractivity contribution in [3.05, 3.63) is 62.0 Å². The van der Waals surface area contributed by atoms with Crippen LogP contribution in [-0.4, -0.2) is 39.5 Å². The third kappa shape index (κ3) is 4.02. The van der Waals surface area contributed by atoms with E-state index >= 15 is 0 Å². The van der Waals surface area contributed by atoms with Crippen molar-refractivity contribution in [1.82, 2.24) is 14.8 Å². The number of carbonyl (C=O) groups excluding carboxylic acids is 2. The Labute approximate surface area is 175 Å². The molecule has 0 fully saturated rings. The number of pyridine rings is 1. The Bertz CT molecular complexity index is 1070. The van der Waals surface area contributed by atoms with E-state index < -0.39 is 39.6 Å². The summed E-state index contributed by atoms with van der Waals surface area (Å²) < 4.78 is 28.6. The molecular formula is C20H20ClF2N3O4. The van der Waals surface area contributed by atoms with Crippen molar-refractivity contribution >= 4 is 23.4 Å². The number of fused-ring (bicyclic) bond motifs is 1. The molecule has 2 amide bonds. The fourth-order valence-corrected chi connectivity index (χ4v) is 3.41. The largest absolute Gasteiger partial charge is 0.503 e. The number of carbonyl (C=O) groups is 2. The summed E-state index contributed by atoms with van der Waals surface area (Å²) in [6.07, 6.45) is 2.89. The predicted octanol–water partition coefficient (Wildman–Crippen LogP) is 2.67. The second-order valence-electron chi connectivity index (χ2n) is 6.93. The first-order valence-corrected chi connectivity index (χ1v) is 9.80. The monoisotopic (exact) mass is 439 g/mol. The van der Waals surface area contributed by atoms with Gasteiger partial charge >= 0.3 is 0 Å². The summed E-state index contributed by atoms with van der Waals surface area (Å²) in [5, 5.41) is 12.0. The molecule has 0 spiro atoms. The van der Waals surface area contributed by atoms with E-state index in [2.05, 4.69) is 5.32 Å². The Morgan fingerprint density at radius 1 is 1.27 bits per heavy atom. The van der Waals surface area contributed by atoms with Gasteiger partial charge in [0.25, 0.3) is 11.8 Å². The van der Waals surface area contributed by atoms with E-state index in [1.807, 2.05) is 6.92 Å². The number of aromatic nitrogens is 1. The first kappa shape index (κ1) is 21.8. The number of rotatable bonds is 6. The van der Waals surface area contributed by atoms with Crippen molar-refractivity contribution in [2.75, 3.05) is 13.1 Å². The maximum absolute atomic E-state index is 14.0. The Hall–Kier alpha value is -2.94. The number of aromatic hydroxyl groups is 1. The minimum Gasteiger partial charge on any atom is -0.503 e. The maximum atomic E-state index is 14.0. The van der Waals surface area contributed by atoms with Crippen LogP contribution in [-0.2, 0) is 13.1 Å². The molecule has 2 heterocycles. The molecule has 0 saturated heterocycles. The van der Waals surface area contributed by atoms with Gasteiger partial charge in [0, 0.05) is 37.9 Å². The van der Waals surface area contributed by atoms with E-state index in [0.29, 0.717) is 19.6 Å². The summed E-state index contributed by atoms with van der Waals surface area (Å²) in [4.78, 5) is 39.1. The Kier molecular flexibility index (Phi) is 6.40. The van der Waals surface area contributed by atoms with E-state index in [1.54, 1.807) is 4.90 Å². The highest BCUT2D eigenvalue weighted by Gasteiger charge is 2.30. The number of nitrogens with one attached hydrogen (secondary N) is 1. The average Bonchev–Trinajstić information content (AvgIpc) is 2.73. The number of nitrogens with zero attached hydrogens (tertiary/aromatic N) is 2. The summed E-state index contributed by atoms with van der Waals surface area (Å²) in [5.74, 6) is -4.09. The zero-order chi connectivity index (χ0) is 22.0. The van der Waals surface area contributed by atoms with Gasteiger partial charge in [-0.05, 0) is 12.5 Å². The molecular weight excluding hydrogens is 420 g/mol. The molecule has 0 aliphatic carbocycles. The fourth-order valence-electron chi connectivity index (χ4n) is 3.23. The average molecular weight is 440 g/mol. The molecule has 7 nitrogen and oxygen atoms in total. The predicted molar refractivity (Wildman–Crippen MR) is 106 cm³/mol. The van der Waals surface area contributed by atoms with Gasteiger partial charge in [-0.25, -0.2) is 8.78 Å². The Morgan fingerprint density at radius 3 is 2.70 bits per heavy atom. The number of halogens is 3. The molecule has 30 heavy (non-hydrogen) atoms. The van der Waals surface area contributed by atoms with Gasteiger partial charge in [0.05, 0.1) is 0 Å². The zero-order valence-electron chi connectivity index (χ0n) is 16.2. The third-order valence-corrected chi connectivity index (χ3v) is 5.28. The highest BCUT2D eigenvalue weighted by molar-refractivity contribution is 6.30. The quantitative estimate of drug-likeness (QED) is 0.677. The number of unbranched alkanes of at least 4 members (excludes halogenated alkanes) is 1. The Morgan fingerprint density at radius 2 is 2.00 bits per heavy atom. The lowest BCUT2D eigenvalue weighted by Crippen LogP contribution is -2.43. The maximum Gasteiger partial charge on any atom is 0.274 e. The van der Waals surface area contributed by atoms with Crippen molar-refractivity contribution in [1.29, 1.82) is 0 Å². The lowest BCUT2D eigenvalue weighted by molar-refractivity contribution is 0.0693. The van der Waals surface area contributed by atoms with Crippen molar-refractivity contribution in [3.63, 3.8) is 0 Å². The van der Waals surface area contributed by atoms with Crippen molar-refractivity contribution in [3.8, 4) is 5.75 Å². The molecule has 0 bridgehead atoms. The van der Waals surface area contributed by atoms with Crippen molar-refractivity contribution in [2.45, 2.75) is 32.9 Å². The molecule has 0 saturated carbocycles. The molecule has 1 aliphatic heterocycles. The van der Waals surface area contributed by atoms with Gasteiger partial charge in [-0.1, -0.05) is 31.0 Å². The van der Waals surface area contributed by atoms with Crippen LogP contribution in [0.1, 0.15) is 46.2 Å². The molecule has 0 atom stereocenters. The fraction of sp³-hybridized carbons (Fsp3) is 0.350. The highest BCUT2D eigenvalue weighted by atomic mass is 35.5. The van der Waals surface area contributed by atoms with E-state index in [0.717, 1.165) is 25.0 Å². The van der Waals surface area contributed by atoms with Crippen molar-refractivity contribution < 1.29 is 23.5 Å². The van der Waals surface area contributed by atoms with Gasteiger partial charge < -0.3 is 19.9 Å². The van der Waals surface area contributed by atoms with Crippen LogP contribution in [0.25, 0.3) is 0 Å². The molecule has 2 N–H and O–H groups in total. The molecule has 10 heteroatoms. The van der Waals surface area contributed by atoms with Gasteiger partial charge in [0.15, 0.2) is 11.4 Å². The van der Waals surface area contributed by atoms with Crippen LogP contribution >= 0.6 is 11.6 Å². The first-order valence-electron chi connectivity index (χ1n) is 9.42. The molecule has 3 rings (SSSR count). The molecule has 1 aromatic carbocycles. The zero-order valence-corrected chi connectivity index (χ0v) is 16.9. The van der Waals surface area contributed by atoms with Crippen LogP contribution in [0.5, 0.6) is 5.75 Å². The topological polar surface area (TPSA) is 91.6 Å². The van der Waals surface area contributed by atoms with Crippen LogP contribution in [0.3, 0.4) is 0 Å². The van der Waals surface area contributed by atoms with Crippen molar-refractivity contribution in [2.24, 2.45) is 0 Å². The molecule has 1 aliphatic rings. The smallest absolute Gasteiger partial charge is 0.274 e. The molecule has 160 valence electrons. The van der Waals surface area contributed by atoms with Gasteiger partial charge in [0.1, 0.15) is 22.2 Å². The van der Waals surface area contributed by atoms with E-state index in [9.17, 15) is 28.3 Å². The molecule has 2 aromatic rings. The standard InChI is InChI=1S/C20H20ClF2N3O4/c1-2-3-6-25-7-8-26-10-12(17(27)18(28)16(26)20(25)30)19(29)24-9-11-4-5-13(22)14(21)15(11)23/h4-5,10,28H,2-3,6-9H2,1H3,(H,24,29).